The normalized spacial score (nSPS) is 18.5. The van der Waals surface area contributed by atoms with Crippen LogP contribution in [0.15, 0.2) is 30.3 Å². The van der Waals surface area contributed by atoms with E-state index in [1.165, 1.54) is 4.90 Å². The quantitative estimate of drug-likeness (QED) is 0.756. The van der Waals surface area contributed by atoms with Gasteiger partial charge in [0, 0.05) is 11.5 Å². The number of benzene rings is 1. The summed E-state index contributed by atoms with van der Waals surface area (Å²) in [5.41, 5.74) is 0.706. The highest BCUT2D eigenvalue weighted by molar-refractivity contribution is 8.00. The molecule has 0 unspecified atom stereocenters. The van der Waals surface area contributed by atoms with Crippen molar-refractivity contribution in [2.24, 2.45) is 0 Å². The molecule has 0 radical (unpaired) electrons. The zero-order valence-corrected chi connectivity index (χ0v) is 11.5. The number of thiocarbonyl (C=S) groups is 1. The molecular weight excluding hydrogens is 284 g/mol. The van der Waals surface area contributed by atoms with Crippen molar-refractivity contribution in [3.63, 3.8) is 0 Å². The maximum absolute atomic E-state index is 12.2. The topological polar surface area (TPSA) is 72.5 Å². The Morgan fingerprint density at radius 3 is 2.74 bits per heavy atom. The summed E-state index contributed by atoms with van der Waals surface area (Å²) in [6.45, 7) is 0. The molecule has 0 bridgehead atoms. The molecule has 0 spiro atoms. The summed E-state index contributed by atoms with van der Waals surface area (Å²) in [4.78, 5) is 24.0. The number of hydrogen-bond acceptors (Lipinski definition) is 5. The highest BCUT2D eigenvalue weighted by Gasteiger charge is 2.35. The van der Waals surface area contributed by atoms with Crippen molar-refractivity contribution in [1.82, 2.24) is 5.32 Å². The Kier molecular flexibility index (Phi) is 4.39. The van der Waals surface area contributed by atoms with E-state index in [1.54, 1.807) is 12.1 Å². The molecule has 100 valence electrons. The SMILES string of the molecule is O=C([O-])CSC[C@@H]1NC(=S)N(c2ccccc2)C1=O. The minimum atomic E-state index is -1.14. The number of nitrogens with zero attached hydrogens (tertiary/aromatic N) is 1. The number of carbonyl (C=O) groups excluding carboxylic acids is 2. The largest absolute Gasteiger partial charge is 0.549 e. The van der Waals surface area contributed by atoms with Gasteiger partial charge in [-0.3, -0.25) is 9.69 Å². The molecule has 1 aromatic rings. The molecule has 0 aliphatic carbocycles. The lowest BCUT2D eigenvalue weighted by Gasteiger charge is -2.14. The van der Waals surface area contributed by atoms with E-state index in [9.17, 15) is 14.7 Å². The summed E-state index contributed by atoms with van der Waals surface area (Å²) in [6.07, 6.45) is 0. The number of carbonyl (C=O) groups is 2. The molecule has 7 heteroatoms. The smallest absolute Gasteiger partial charge is 0.256 e. The van der Waals surface area contributed by atoms with Crippen LogP contribution >= 0.6 is 24.0 Å². The lowest BCUT2D eigenvalue weighted by molar-refractivity contribution is -0.301. The van der Waals surface area contributed by atoms with Gasteiger partial charge in [-0.2, -0.15) is 11.8 Å². The van der Waals surface area contributed by atoms with Crippen LogP contribution in [0.1, 0.15) is 0 Å². The van der Waals surface area contributed by atoms with E-state index in [0.717, 1.165) is 11.8 Å². The zero-order chi connectivity index (χ0) is 13.8. The molecule has 0 saturated carbocycles. The Morgan fingerprint density at radius 2 is 2.11 bits per heavy atom. The molecule has 1 aliphatic heterocycles. The summed E-state index contributed by atoms with van der Waals surface area (Å²) < 4.78 is 0. The summed E-state index contributed by atoms with van der Waals surface area (Å²) in [5.74, 6) is -1.10. The predicted octanol–water partition coefficient (Wildman–Crippen LogP) is -0.241. The van der Waals surface area contributed by atoms with Crippen LogP contribution in [0.5, 0.6) is 0 Å². The van der Waals surface area contributed by atoms with Crippen molar-refractivity contribution in [3.05, 3.63) is 30.3 Å². The molecule has 1 aliphatic rings. The molecular formula is C12H11N2O3S2-. The number of anilines is 1. The van der Waals surface area contributed by atoms with Gasteiger partial charge in [0.05, 0.1) is 11.7 Å². The van der Waals surface area contributed by atoms with Gasteiger partial charge >= 0.3 is 0 Å². The third-order valence-electron chi connectivity index (χ3n) is 2.54. The van der Waals surface area contributed by atoms with Crippen molar-refractivity contribution in [1.29, 1.82) is 0 Å². The fourth-order valence-corrected chi connectivity index (χ4v) is 2.81. The summed E-state index contributed by atoms with van der Waals surface area (Å²) >= 11 is 6.26. The first-order chi connectivity index (χ1) is 9.09. The maximum Gasteiger partial charge on any atom is 0.256 e. The Balaban J connectivity index is 2.03. The lowest BCUT2D eigenvalue weighted by atomic mass is 10.3. The lowest BCUT2D eigenvalue weighted by Crippen LogP contribution is -2.33. The van der Waals surface area contributed by atoms with E-state index in [2.05, 4.69) is 5.32 Å². The first-order valence-electron chi connectivity index (χ1n) is 5.56. The summed E-state index contributed by atoms with van der Waals surface area (Å²) in [7, 11) is 0. The number of aliphatic carboxylic acids is 1. The average Bonchev–Trinajstić information content (AvgIpc) is 2.65. The van der Waals surface area contributed by atoms with Gasteiger partial charge in [0.2, 0.25) is 0 Å². The number of amides is 1. The van der Waals surface area contributed by atoms with Gasteiger partial charge in [0.25, 0.3) is 5.91 Å². The van der Waals surface area contributed by atoms with Gasteiger partial charge < -0.3 is 15.2 Å². The highest BCUT2D eigenvalue weighted by atomic mass is 32.2. The summed E-state index contributed by atoms with van der Waals surface area (Å²) in [6, 6.07) is 8.60. The standard InChI is InChI=1S/C12H12N2O3S2/c15-10(16)7-19-6-9-11(17)14(12(18)13-9)8-4-2-1-3-5-8/h1-5,9H,6-7H2,(H,13,18)(H,15,16)/p-1/t9-/m0/s1. The van der Waals surface area contributed by atoms with Crippen LogP contribution < -0.4 is 15.3 Å². The van der Waals surface area contributed by atoms with Crippen molar-refractivity contribution in [2.75, 3.05) is 16.4 Å². The molecule has 1 amide bonds. The second-order valence-electron chi connectivity index (χ2n) is 3.90. The molecule has 1 fully saturated rings. The van der Waals surface area contributed by atoms with Crippen LogP contribution in [0, 0.1) is 0 Å². The van der Waals surface area contributed by atoms with Gasteiger partial charge in [0.1, 0.15) is 6.04 Å². The zero-order valence-electron chi connectivity index (χ0n) is 9.87. The van der Waals surface area contributed by atoms with E-state index < -0.39 is 12.0 Å². The van der Waals surface area contributed by atoms with Crippen LogP contribution in [0.2, 0.25) is 0 Å². The van der Waals surface area contributed by atoms with Crippen LogP contribution in [-0.4, -0.2) is 34.5 Å². The van der Waals surface area contributed by atoms with Gasteiger partial charge in [-0.15, -0.1) is 0 Å². The molecule has 1 N–H and O–H groups in total. The van der Waals surface area contributed by atoms with E-state index >= 15 is 0 Å². The fraction of sp³-hybridized carbons (Fsp3) is 0.250. The van der Waals surface area contributed by atoms with Gasteiger partial charge in [-0.05, 0) is 24.4 Å². The van der Waals surface area contributed by atoms with Crippen LogP contribution in [-0.2, 0) is 9.59 Å². The number of rotatable bonds is 5. The first-order valence-corrected chi connectivity index (χ1v) is 7.13. The Hall–Kier alpha value is -1.60. The third-order valence-corrected chi connectivity index (χ3v) is 3.85. The molecule has 19 heavy (non-hydrogen) atoms. The van der Waals surface area contributed by atoms with Crippen LogP contribution in [0.25, 0.3) is 0 Å². The average molecular weight is 295 g/mol. The van der Waals surface area contributed by atoms with Crippen LogP contribution in [0.3, 0.4) is 0 Å². The predicted molar refractivity (Wildman–Crippen MR) is 75.8 cm³/mol. The van der Waals surface area contributed by atoms with Crippen LogP contribution in [0.4, 0.5) is 5.69 Å². The monoisotopic (exact) mass is 295 g/mol. The maximum atomic E-state index is 12.2. The van der Waals surface area contributed by atoms with E-state index in [4.69, 9.17) is 12.2 Å². The molecule has 1 heterocycles. The van der Waals surface area contributed by atoms with Crippen molar-refractivity contribution in [3.8, 4) is 0 Å². The minimum absolute atomic E-state index is 0.135. The fourth-order valence-electron chi connectivity index (χ4n) is 1.73. The first kappa shape index (κ1) is 13.8. The van der Waals surface area contributed by atoms with Gasteiger partial charge in [0.15, 0.2) is 5.11 Å². The number of carboxylic acids is 1. The van der Waals surface area contributed by atoms with Crippen molar-refractivity contribution >= 4 is 46.7 Å². The second-order valence-corrected chi connectivity index (χ2v) is 5.32. The third kappa shape index (κ3) is 3.24. The number of hydrogen-bond donors (Lipinski definition) is 1. The highest BCUT2D eigenvalue weighted by Crippen LogP contribution is 2.20. The van der Waals surface area contributed by atoms with E-state index in [1.807, 2.05) is 18.2 Å². The molecule has 0 aromatic heterocycles. The number of para-hydroxylation sites is 1. The molecule has 5 nitrogen and oxygen atoms in total. The van der Waals surface area contributed by atoms with E-state index in [0.29, 0.717) is 16.6 Å². The van der Waals surface area contributed by atoms with E-state index in [-0.39, 0.29) is 11.7 Å². The number of thioether (sulfide) groups is 1. The Morgan fingerprint density at radius 1 is 1.42 bits per heavy atom. The summed E-state index contributed by atoms with van der Waals surface area (Å²) in [5, 5.41) is 13.6. The number of nitrogens with one attached hydrogen (secondary N) is 1. The van der Waals surface area contributed by atoms with Gasteiger partial charge in [-0.1, -0.05) is 18.2 Å². The molecule has 1 atom stereocenters. The van der Waals surface area contributed by atoms with Crippen molar-refractivity contribution in [2.45, 2.75) is 6.04 Å². The van der Waals surface area contributed by atoms with Gasteiger partial charge in [-0.25, -0.2) is 0 Å². The molecule has 1 saturated heterocycles. The molecule has 2 rings (SSSR count). The molecule has 1 aromatic carbocycles. The van der Waals surface area contributed by atoms with Crippen molar-refractivity contribution < 1.29 is 14.7 Å². The number of carboxylic acid groups (broad SMARTS) is 1. The second kappa shape index (κ2) is 6.03. The Labute approximate surface area is 120 Å². The Bertz CT molecular complexity index is 507. The minimum Gasteiger partial charge on any atom is -0.549 e.